The fraction of sp³-hybridized carbons (Fsp3) is 0.182. The first kappa shape index (κ1) is 23.6. The van der Waals surface area contributed by atoms with Gasteiger partial charge >= 0.3 is 0 Å². The molecule has 166 valence electrons. The standard InChI is InChI=1S/C22H19BrN2O6S/c1-3-8-24-21(26)20(32-22(24)27)11-15-10-18(30-4-2)19(12-17(15)23)31-13-14-6-5-7-16(9-14)25(28)29/h3,5-7,9-12H,1,4,8,13H2,2H3/b20-11+. The lowest BCUT2D eigenvalue weighted by atomic mass is 10.1. The summed E-state index contributed by atoms with van der Waals surface area (Å²) in [4.78, 5) is 36.5. The average molecular weight is 519 g/mol. The van der Waals surface area contributed by atoms with Crippen LogP contribution in [-0.2, 0) is 11.4 Å². The third-order valence-corrected chi connectivity index (χ3v) is 5.94. The molecule has 2 aromatic carbocycles. The van der Waals surface area contributed by atoms with Crippen LogP contribution in [0.15, 0.2) is 58.4 Å². The molecule has 0 spiro atoms. The van der Waals surface area contributed by atoms with Gasteiger partial charge in [0, 0.05) is 23.2 Å². The van der Waals surface area contributed by atoms with Crippen LogP contribution < -0.4 is 9.47 Å². The molecule has 1 fully saturated rings. The number of amides is 2. The number of halogens is 1. The van der Waals surface area contributed by atoms with Gasteiger partial charge in [-0.1, -0.05) is 34.1 Å². The number of rotatable bonds is 9. The Morgan fingerprint density at radius 1 is 1.22 bits per heavy atom. The van der Waals surface area contributed by atoms with Gasteiger partial charge in [0.2, 0.25) is 0 Å². The fourth-order valence-corrected chi connectivity index (χ4v) is 4.17. The second-order valence-electron chi connectivity index (χ2n) is 6.55. The maximum atomic E-state index is 12.5. The molecule has 8 nitrogen and oxygen atoms in total. The highest BCUT2D eigenvalue weighted by Crippen LogP contribution is 2.38. The lowest BCUT2D eigenvalue weighted by Crippen LogP contribution is -2.27. The first-order chi connectivity index (χ1) is 15.3. The van der Waals surface area contributed by atoms with Crippen molar-refractivity contribution in [1.82, 2.24) is 4.90 Å². The van der Waals surface area contributed by atoms with E-state index in [1.807, 2.05) is 6.92 Å². The summed E-state index contributed by atoms with van der Waals surface area (Å²) in [6, 6.07) is 9.59. The predicted molar refractivity (Wildman–Crippen MR) is 126 cm³/mol. The van der Waals surface area contributed by atoms with Crippen LogP contribution in [0.2, 0.25) is 0 Å². The predicted octanol–water partition coefficient (Wildman–Crippen LogP) is 5.56. The van der Waals surface area contributed by atoms with E-state index >= 15 is 0 Å². The van der Waals surface area contributed by atoms with Crippen molar-refractivity contribution in [3.8, 4) is 11.5 Å². The van der Waals surface area contributed by atoms with Crippen LogP contribution in [0.4, 0.5) is 10.5 Å². The summed E-state index contributed by atoms with van der Waals surface area (Å²) in [6.45, 7) is 6.03. The van der Waals surface area contributed by atoms with Gasteiger partial charge in [-0.15, -0.1) is 6.58 Å². The van der Waals surface area contributed by atoms with E-state index < -0.39 is 4.92 Å². The number of nitro benzene ring substituents is 1. The molecule has 1 aliphatic rings. The van der Waals surface area contributed by atoms with Crippen molar-refractivity contribution in [2.45, 2.75) is 13.5 Å². The Balaban J connectivity index is 1.86. The number of non-ortho nitro benzene ring substituents is 1. The molecule has 1 heterocycles. The first-order valence-electron chi connectivity index (χ1n) is 9.52. The van der Waals surface area contributed by atoms with Crippen molar-refractivity contribution in [3.05, 3.63) is 79.7 Å². The molecule has 1 aliphatic heterocycles. The van der Waals surface area contributed by atoms with Crippen LogP contribution in [0.3, 0.4) is 0 Å². The molecule has 32 heavy (non-hydrogen) atoms. The van der Waals surface area contributed by atoms with Gasteiger partial charge in [0.1, 0.15) is 6.61 Å². The lowest BCUT2D eigenvalue weighted by Gasteiger charge is -2.14. The van der Waals surface area contributed by atoms with Crippen LogP contribution in [0.5, 0.6) is 11.5 Å². The molecule has 2 aromatic rings. The Morgan fingerprint density at radius 3 is 2.66 bits per heavy atom. The number of hydrogen-bond donors (Lipinski definition) is 0. The average Bonchev–Trinajstić information content (AvgIpc) is 3.03. The lowest BCUT2D eigenvalue weighted by molar-refractivity contribution is -0.384. The van der Waals surface area contributed by atoms with Crippen LogP contribution in [0.25, 0.3) is 6.08 Å². The zero-order valence-corrected chi connectivity index (χ0v) is 19.5. The topological polar surface area (TPSA) is 99.0 Å². The summed E-state index contributed by atoms with van der Waals surface area (Å²) in [5.41, 5.74) is 1.26. The van der Waals surface area contributed by atoms with Gasteiger partial charge < -0.3 is 9.47 Å². The Kier molecular flexibility index (Phi) is 7.70. The van der Waals surface area contributed by atoms with E-state index in [0.29, 0.717) is 38.6 Å². The molecule has 1 saturated heterocycles. The van der Waals surface area contributed by atoms with Crippen molar-refractivity contribution in [1.29, 1.82) is 0 Å². The molecule has 0 saturated carbocycles. The molecule has 0 atom stereocenters. The summed E-state index contributed by atoms with van der Waals surface area (Å²) in [5.74, 6) is 0.496. The summed E-state index contributed by atoms with van der Waals surface area (Å²) in [6.07, 6.45) is 3.11. The molecule has 0 unspecified atom stereocenters. The minimum atomic E-state index is -0.461. The van der Waals surface area contributed by atoms with Crippen molar-refractivity contribution in [2.24, 2.45) is 0 Å². The maximum Gasteiger partial charge on any atom is 0.293 e. The Bertz CT molecular complexity index is 1120. The van der Waals surface area contributed by atoms with E-state index in [1.54, 1.807) is 30.3 Å². The van der Waals surface area contributed by atoms with Gasteiger partial charge in [-0.2, -0.15) is 0 Å². The number of hydrogen-bond acceptors (Lipinski definition) is 7. The van der Waals surface area contributed by atoms with Gasteiger partial charge in [0.25, 0.3) is 16.8 Å². The summed E-state index contributed by atoms with van der Waals surface area (Å²) < 4.78 is 12.2. The Hall–Kier alpha value is -3.11. The second-order valence-corrected chi connectivity index (χ2v) is 8.40. The van der Waals surface area contributed by atoms with Crippen LogP contribution in [0, 0.1) is 10.1 Å². The molecule has 0 aliphatic carbocycles. The number of thioether (sulfide) groups is 1. The number of nitro groups is 1. The van der Waals surface area contributed by atoms with Gasteiger partial charge in [-0.05, 0) is 48.0 Å². The normalized spacial score (nSPS) is 14.7. The number of nitrogens with zero attached hydrogens (tertiary/aromatic N) is 2. The van der Waals surface area contributed by atoms with E-state index in [-0.39, 0.29) is 30.0 Å². The van der Waals surface area contributed by atoms with Crippen LogP contribution in [-0.4, -0.2) is 34.1 Å². The molecular formula is C22H19BrN2O6S. The molecule has 0 aromatic heterocycles. The molecule has 0 bridgehead atoms. The number of carbonyl (C=O) groups is 2. The molecule has 2 amide bonds. The number of carbonyl (C=O) groups excluding carboxylic acids is 2. The van der Waals surface area contributed by atoms with E-state index in [1.165, 1.54) is 18.2 Å². The fourth-order valence-electron chi connectivity index (χ4n) is 2.89. The second kappa shape index (κ2) is 10.5. The smallest absolute Gasteiger partial charge is 0.293 e. The molecular weight excluding hydrogens is 500 g/mol. The highest BCUT2D eigenvalue weighted by Gasteiger charge is 2.34. The Morgan fingerprint density at radius 2 is 1.97 bits per heavy atom. The monoisotopic (exact) mass is 518 g/mol. The van der Waals surface area contributed by atoms with Crippen molar-refractivity contribution < 1.29 is 24.0 Å². The summed E-state index contributed by atoms with van der Waals surface area (Å²) in [7, 11) is 0. The van der Waals surface area contributed by atoms with E-state index in [4.69, 9.17) is 9.47 Å². The number of ether oxygens (including phenoxy) is 2. The number of benzene rings is 2. The van der Waals surface area contributed by atoms with Crippen molar-refractivity contribution in [2.75, 3.05) is 13.2 Å². The number of imide groups is 1. The molecule has 3 rings (SSSR count). The summed E-state index contributed by atoms with van der Waals surface area (Å²) in [5, 5.41) is 10.6. The first-order valence-corrected chi connectivity index (χ1v) is 11.1. The zero-order chi connectivity index (χ0) is 23.3. The SMILES string of the molecule is C=CCN1C(=O)S/C(=C/c2cc(OCC)c(OCc3cccc([N+](=O)[O-])c3)cc2Br)C1=O. The van der Waals surface area contributed by atoms with Gasteiger partial charge in [0.05, 0.1) is 16.4 Å². The highest BCUT2D eigenvalue weighted by atomic mass is 79.9. The third-order valence-electron chi connectivity index (χ3n) is 4.35. The highest BCUT2D eigenvalue weighted by molar-refractivity contribution is 9.10. The van der Waals surface area contributed by atoms with Gasteiger partial charge in [-0.3, -0.25) is 24.6 Å². The zero-order valence-electron chi connectivity index (χ0n) is 17.1. The molecule has 0 radical (unpaired) electrons. The van der Waals surface area contributed by atoms with Crippen molar-refractivity contribution in [3.63, 3.8) is 0 Å². The minimum absolute atomic E-state index is 0.0157. The molecule has 10 heteroatoms. The summed E-state index contributed by atoms with van der Waals surface area (Å²) >= 11 is 4.34. The maximum absolute atomic E-state index is 12.5. The largest absolute Gasteiger partial charge is 0.490 e. The molecule has 0 N–H and O–H groups in total. The van der Waals surface area contributed by atoms with E-state index in [0.717, 1.165) is 16.7 Å². The quantitative estimate of drug-likeness (QED) is 0.185. The third kappa shape index (κ3) is 5.38. The minimum Gasteiger partial charge on any atom is -0.490 e. The van der Waals surface area contributed by atoms with Crippen LogP contribution >= 0.6 is 27.7 Å². The Labute approximate surface area is 197 Å². The van der Waals surface area contributed by atoms with Gasteiger partial charge in [0.15, 0.2) is 11.5 Å². The van der Waals surface area contributed by atoms with E-state index in [2.05, 4.69) is 22.5 Å². The van der Waals surface area contributed by atoms with Crippen LogP contribution in [0.1, 0.15) is 18.1 Å². The van der Waals surface area contributed by atoms with E-state index in [9.17, 15) is 19.7 Å². The van der Waals surface area contributed by atoms with Crippen molar-refractivity contribution >= 4 is 50.6 Å². The van der Waals surface area contributed by atoms with Gasteiger partial charge in [-0.25, -0.2) is 0 Å².